The fourth-order valence-electron chi connectivity index (χ4n) is 1.87. The Labute approximate surface area is 163 Å². The van der Waals surface area contributed by atoms with Gasteiger partial charge in [-0.25, -0.2) is 0 Å². The molecule has 27 heavy (non-hydrogen) atoms. The van der Waals surface area contributed by atoms with Crippen molar-refractivity contribution in [3.05, 3.63) is 12.7 Å². The van der Waals surface area contributed by atoms with Gasteiger partial charge < -0.3 is 25.8 Å². The molecule has 0 aromatic carbocycles. The average Bonchev–Trinajstić information content (AvgIpc) is 2.63. The number of hydrogen-bond donors (Lipinski definition) is 3. The van der Waals surface area contributed by atoms with Gasteiger partial charge >= 0.3 is 11.9 Å². The minimum absolute atomic E-state index is 0.0340. The number of carbonyl (C=O) groups excluding carboxylic acids is 4. The summed E-state index contributed by atoms with van der Waals surface area (Å²) in [5.74, 6) is -1.15. The molecule has 4 N–H and O–H groups in total. The molecule has 2 atom stereocenters. The second-order valence-electron chi connectivity index (χ2n) is 5.37. The minimum Gasteiger partial charge on any atom is -0.465 e. The zero-order valence-electron chi connectivity index (χ0n) is 15.8. The fourth-order valence-corrected chi connectivity index (χ4v) is 2.64. The molecule has 0 aromatic rings. The number of carbonyl (C=O) groups is 4. The van der Waals surface area contributed by atoms with E-state index in [2.05, 4.69) is 17.2 Å². The second kappa shape index (κ2) is 15.0. The van der Waals surface area contributed by atoms with Crippen LogP contribution in [0.2, 0.25) is 0 Å². The van der Waals surface area contributed by atoms with E-state index in [4.69, 9.17) is 15.2 Å². The maximum Gasteiger partial charge on any atom is 0.325 e. The summed E-state index contributed by atoms with van der Waals surface area (Å²) in [4.78, 5) is 47.1. The monoisotopic (exact) mass is 403 g/mol. The molecule has 0 radical (unpaired) electrons. The Morgan fingerprint density at radius 2 is 1.85 bits per heavy atom. The van der Waals surface area contributed by atoms with E-state index in [1.165, 1.54) is 11.8 Å². The van der Waals surface area contributed by atoms with Crippen LogP contribution >= 0.6 is 11.8 Å². The largest absolute Gasteiger partial charge is 0.465 e. The highest BCUT2D eigenvalue weighted by molar-refractivity contribution is 7.99. The van der Waals surface area contributed by atoms with E-state index >= 15 is 0 Å². The Morgan fingerprint density at radius 1 is 1.19 bits per heavy atom. The van der Waals surface area contributed by atoms with Gasteiger partial charge in [0, 0.05) is 17.9 Å². The number of nitrogens with two attached hydrogens (primary N) is 1. The molecule has 2 amide bonds. The van der Waals surface area contributed by atoms with Crippen LogP contribution in [0.3, 0.4) is 0 Å². The zero-order valence-corrected chi connectivity index (χ0v) is 16.6. The first kappa shape index (κ1) is 24.9. The minimum atomic E-state index is -0.901. The van der Waals surface area contributed by atoms with Crippen molar-refractivity contribution in [3.8, 4) is 0 Å². The van der Waals surface area contributed by atoms with Crippen LogP contribution in [0.4, 0.5) is 0 Å². The lowest BCUT2D eigenvalue weighted by Gasteiger charge is -2.18. The van der Waals surface area contributed by atoms with Crippen molar-refractivity contribution in [1.29, 1.82) is 0 Å². The Morgan fingerprint density at radius 3 is 2.44 bits per heavy atom. The van der Waals surface area contributed by atoms with Crippen LogP contribution in [0.25, 0.3) is 0 Å². The molecule has 0 bridgehead atoms. The summed E-state index contributed by atoms with van der Waals surface area (Å²) >= 11 is 1.40. The summed E-state index contributed by atoms with van der Waals surface area (Å²) in [7, 11) is 0. The highest BCUT2D eigenvalue weighted by atomic mass is 32.2. The van der Waals surface area contributed by atoms with Gasteiger partial charge in [-0.15, -0.1) is 6.58 Å². The molecule has 0 fully saturated rings. The highest BCUT2D eigenvalue weighted by Crippen LogP contribution is 2.05. The molecular weight excluding hydrogens is 374 g/mol. The van der Waals surface area contributed by atoms with Crippen LogP contribution in [-0.2, 0) is 28.7 Å². The number of esters is 2. The van der Waals surface area contributed by atoms with E-state index in [0.29, 0.717) is 11.5 Å². The predicted molar refractivity (Wildman–Crippen MR) is 103 cm³/mol. The summed E-state index contributed by atoms with van der Waals surface area (Å²) < 4.78 is 9.52. The first-order valence-corrected chi connectivity index (χ1v) is 9.84. The molecule has 9 nitrogen and oxygen atoms in total. The lowest BCUT2D eigenvalue weighted by atomic mass is 10.1. The van der Waals surface area contributed by atoms with Crippen LogP contribution in [-0.4, -0.2) is 67.1 Å². The lowest BCUT2D eigenvalue weighted by molar-refractivity contribution is -0.145. The van der Waals surface area contributed by atoms with Crippen molar-refractivity contribution < 1.29 is 28.7 Å². The van der Waals surface area contributed by atoms with Gasteiger partial charge in [-0.3, -0.25) is 19.2 Å². The number of nitrogens with one attached hydrogen (secondary N) is 2. The summed E-state index contributed by atoms with van der Waals surface area (Å²) in [6.45, 7) is 7.07. The van der Waals surface area contributed by atoms with Gasteiger partial charge in [0.2, 0.25) is 11.8 Å². The maximum absolute atomic E-state index is 12.2. The average molecular weight is 404 g/mol. The molecule has 0 rings (SSSR count). The van der Waals surface area contributed by atoms with Crippen LogP contribution in [0.5, 0.6) is 0 Å². The van der Waals surface area contributed by atoms with Crippen molar-refractivity contribution >= 4 is 35.5 Å². The lowest BCUT2D eigenvalue weighted by Crippen LogP contribution is -2.49. The Hall–Kier alpha value is -2.07. The third-order valence-corrected chi connectivity index (χ3v) is 4.20. The quantitative estimate of drug-likeness (QED) is 0.205. The van der Waals surface area contributed by atoms with E-state index in [-0.39, 0.29) is 32.6 Å². The van der Waals surface area contributed by atoms with Gasteiger partial charge in [0.25, 0.3) is 0 Å². The molecule has 10 heteroatoms. The molecule has 0 saturated heterocycles. The van der Waals surface area contributed by atoms with Crippen LogP contribution < -0.4 is 16.4 Å². The Balaban J connectivity index is 4.57. The van der Waals surface area contributed by atoms with E-state index in [1.54, 1.807) is 19.9 Å². The van der Waals surface area contributed by atoms with Crippen LogP contribution in [0.15, 0.2) is 12.7 Å². The van der Waals surface area contributed by atoms with Gasteiger partial charge in [-0.05, 0) is 20.3 Å². The molecule has 154 valence electrons. The molecule has 0 heterocycles. The molecule has 0 aromatic heterocycles. The third kappa shape index (κ3) is 12.0. The molecule has 0 spiro atoms. The van der Waals surface area contributed by atoms with Gasteiger partial charge in [0.15, 0.2) is 0 Å². The first-order chi connectivity index (χ1) is 12.8. The van der Waals surface area contributed by atoms with Gasteiger partial charge in [-0.1, -0.05) is 6.08 Å². The SMILES string of the molecule is C=CCSC[C@H](NC(=O)CC[C@H](N)C(=O)OCC)C(=O)NCC(=O)OCC. The smallest absolute Gasteiger partial charge is 0.325 e. The van der Waals surface area contributed by atoms with Crippen molar-refractivity contribution in [2.75, 3.05) is 31.3 Å². The van der Waals surface area contributed by atoms with E-state index < -0.39 is 35.8 Å². The fraction of sp³-hybridized carbons (Fsp3) is 0.647. The van der Waals surface area contributed by atoms with E-state index in [0.717, 1.165) is 0 Å². The second-order valence-corrected chi connectivity index (χ2v) is 6.44. The Kier molecular flexibility index (Phi) is 13.9. The van der Waals surface area contributed by atoms with Crippen LogP contribution in [0, 0.1) is 0 Å². The number of rotatable bonds is 14. The van der Waals surface area contributed by atoms with Crippen molar-refractivity contribution in [3.63, 3.8) is 0 Å². The molecule has 0 unspecified atom stereocenters. The summed E-state index contributed by atoms with van der Waals surface area (Å²) in [6, 6.07) is -1.74. The summed E-state index contributed by atoms with van der Waals surface area (Å²) in [6.07, 6.45) is 1.74. The normalized spacial score (nSPS) is 12.4. The van der Waals surface area contributed by atoms with Gasteiger partial charge in [0.05, 0.1) is 13.2 Å². The third-order valence-electron chi connectivity index (χ3n) is 3.16. The Bertz CT molecular complexity index is 515. The molecule has 0 aliphatic heterocycles. The molecular formula is C17H29N3O6S. The molecule has 0 saturated carbocycles. The van der Waals surface area contributed by atoms with Crippen molar-refractivity contribution in [2.45, 2.75) is 38.8 Å². The standard InChI is InChI=1S/C17H29N3O6S/c1-4-9-27-11-13(16(23)19-10-15(22)25-5-2)20-14(21)8-7-12(18)17(24)26-6-3/h4,12-13H,1,5-11,18H2,2-3H3,(H,19,23)(H,20,21)/t12-,13-/m0/s1. The van der Waals surface area contributed by atoms with Crippen LogP contribution in [0.1, 0.15) is 26.7 Å². The molecule has 0 aliphatic rings. The predicted octanol–water partition coefficient (Wildman–Crippen LogP) is -0.260. The number of amides is 2. The van der Waals surface area contributed by atoms with Crippen molar-refractivity contribution in [1.82, 2.24) is 10.6 Å². The zero-order chi connectivity index (χ0) is 20.7. The molecule has 0 aliphatic carbocycles. The van der Waals surface area contributed by atoms with Crippen molar-refractivity contribution in [2.24, 2.45) is 5.73 Å². The number of hydrogen-bond acceptors (Lipinski definition) is 8. The van der Waals surface area contributed by atoms with E-state index in [9.17, 15) is 19.2 Å². The first-order valence-electron chi connectivity index (χ1n) is 8.69. The number of thioether (sulfide) groups is 1. The maximum atomic E-state index is 12.2. The summed E-state index contributed by atoms with van der Waals surface area (Å²) in [5.41, 5.74) is 5.65. The topological polar surface area (TPSA) is 137 Å². The van der Waals surface area contributed by atoms with Gasteiger partial charge in [-0.2, -0.15) is 11.8 Å². The number of ether oxygens (including phenoxy) is 2. The summed E-state index contributed by atoms with van der Waals surface area (Å²) in [5, 5.41) is 5.03. The van der Waals surface area contributed by atoms with E-state index in [1.807, 2.05) is 0 Å². The van der Waals surface area contributed by atoms with Gasteiger partial charge in [0.1, 0.15) is 18.6 Å². The highest BCUT2D eigenvalue weighted by Gasteiger charge is 2.22.